The topological polar surface area (TPSA) is 65.7 Å². The van der Waals surface area contributed by atoms with Crippen LogP contribution in [0.3, 0.4) is 0 Å². The Hall–Kier alpha value is -2.02. The molecule has 2 heterocycles. The van der Waals surface area contributed by atoms with Crippen LogP contribution in [0.2, 0.25) is 0 Å². The largest absolute Gasteiger partial charge is 0.486 e. The molecule has 0 atom stereocenters. The van der Waals surface area contributed by atoms with Crippen molar-refractivity contribution in [3.63, 3.8) is 0 Å². The van der Waals surface area contributed by atoms with Crippen molar-refractivity contribution in [1.29, 1.82) is 0 Å². The highest BCUT2D eigenvalue weighted by molar-refractivity contribution is 9.10. The quantitative estimate of drug-likeness (QED) is 0.696. The molecule has 0 aliphatic heterocycles. The van der Waals surface area contributed by atoms with Crippen molar-refractivity contribution in [2.45, 2.75) is 33.9 Å². The lowest BCUT2D eigenvalue weighted by Crippen LogP contribution is -2.16. The summed E-state index contributed by atoms with van der Waals surface area (Å²) < 4.78 is 8.54. The van der Waals surface area contributed by atoms with E-state index >= 15 is 0 Å². The van der Waals surface area contributed by atoms with Gasteiger partial charge in [-0.3, -0.25) is 9.97 Å². The van der Waals surface area contributed by atoms with E-state index in [-0.39, 0.29) is 5.41 Å². The number of fused-ring (bicyclic) bond motifs is 1. The summed E-state index contributed by atoms with van der Waals surface area (Å²) in [5, 5.41) is 8.54. The maximum Gasteiger partial charge on any atom is 0.136 e. The van der Waals surface area contributed by atoms with Gasteiger partial charge >= 0.3 is 0 Å². The fourth-order valence-corrected chi connectivity index (χ4v) is 2.75. The third kappa shape index (κ3) is 3.67. The van der Waals surface area contributed by atoms with E-state index in [1.54, 1.807) is 18.6 Å². The van der Waals surface area contributed by atoms with Crippen molar-refractivity contribution >= 4 is 27.0 Å². The SMILES string of the molecule is CC(C)(C)Cn1nnc2c(Br)c(OCc3cnccn3)ccc21. The molecule has 0 fully saturated rings. The first-order chi connectivity index (χ1) is 10.9. The average Bonchev–Trinajstić information content (AvgIpc) is 2.89. The Balaban J connectivity index is 1.85. The summed E-state index contributed by atoms with van der Waals surface area (Å²) in [5.41, 5.74) is 2.69. The fraction of sp³-hybridized carbons (Fsp3) is 0.375. The molecular weight excluding hydrogens is 358 g/mol. The molecule has 0 saturated heterocycles. The molecule has 0 radical (unpaired) electrons. The van der Waals surface area contributed by atoms with Crippen LogP contribution in [0.4, 0.5) is 0 Å². The van der Waals surface area contributed by atoms with Crippen molar-refractivity contribution in [3.8, 4) is 5.75 Å². The summed E-state index contributed by atoms with van der Waals surface area (Å²) in [4.78, 5) is 8.22. The van der Waals surface area contributed by atoms with E-state index in [0.717, 1.165) is 27.7 Å². The number of aromatic nitrogens is 5. The third-order valence-electron chi connectivity index (χ3n) is 3.21. The van der Waals surface area contributed by atoms with Gasteiger partial charge in [-0.2, -0.15) is 0 Å². The third-order valence-corrected chi connectivity index (χ3v) is 3.97. The monoisotopic (exact) mass is 375 g/mol. The molecule has 6 nitrogen and oxygen atoms in total. The average molecular weight is 376 g/mol. The second kappa shape index (κ2) is 6.23. The first-order valence-corrected chi connectivity index (χ1v) is 8.13. The Bertz CT molecular complexity index is 810. The Morgan fingerprint density at radius 3 is 2.74 bits per heavy atom. The molecule has 0 saturated carbocycles. The van der Waals surface area contributed by atoms with Crippen LogP contribution >= 0.6 is 15.9 Å². The molecule has 7 heteroatoms. The van der Waals surface area contributed by atoms with E-state index in [0.29, 0.717) is 12.4 Å². The summed E-state index contributed by atoms with van der Waals surface area (Å²) in [6, 6.07) is 3.91. The molecule has 0 bridgehead atoms. The summed E-state index contributed by atoms with van der Waals surface area (Å²) in [6.45, 7) is 7.68. The molecular formula is C16H18BrN5O. The molecule has 0 aliphatic carbocycles. The second-order valence-electron chi connectivity index (χ2n) is 6.54. The molecule has 1 aromatic carbocycles. The van der Waals surface area contributed by atoms with Crippen LogP contribution in [0.1, 0.15) is 26.5 Å². The Kier molecular flexibility index (Phi) is 4.30. The number of hydrogen-bond donors (Lipinski definition) is 0. The highest BCUT2D eigenvalue weighted by atomic mass is 79.9. The summed E-state index contributed by atoms with van der Waals surface area (Å²) in [7, 11) is 0. The minimum atomic E-state index is 0.133. The zero-order valence-corrected chi connectivity index (χ0v) is 14.9. The predicted molar refractivity (Wildman–Crippen MR) is 91.0 cm³/mol. The first kappa shape index (κ1) is 15.9. The van der Waals surface area contributed by atoms with E-state index in [2.05, 4.69) is 57.0 Å². The van der Waals surface area contributed by atoms with Crippen molar-refractivity contribution in [3.05, 3.63) is 40.9 Å². The van der Waals surface area contributed by atoms with Gasteiger partial charge in [0.1, 0.15) is 17.9 Å². The molecule has 120 valence electrons. The van der Waals surface area contributed by atoms with Gasteiger partial charge in [-0.15, -0.1) is 5.10 Å². The molecule has 0 spiro atoms. The van der Waals surface area contributed by atoms with Crippen LogP contribution in [0.25, 0.3) is 11.0 Å². The molecule has 0 unspecified atom stereocenters. The van der Waals surface area contributed by atoms with Crippen LogP contribution in [0.5, 0.6) is 5.75 Å². The van der Waals surface area contributed by atoms with Gasteiger partial charge in [-0.25, -0.2) is 4.68 Å². The number of hydrogen-bond acceptors (Lipinski definition) is 5. The van der Waals surface area contributed by atoms with E-state index in [4.69, 9.17) is 4.74 Å². The molecule has 3 rings (SSSR count). The number of rotatable bonds is 4. The van der Waals surface area contributed by atoms with Crippen LogP contribution in [-0.2, 0) is 13.2 Å². The van der Waals surface area contributed by atoms with Gasteiger partial charge in [0.15, 0.2) is 0 Å². The van der Waals surface area contributed by atoms with E-state index < -0.39 is 0 Å². The lowest BCUT2D eigenvalue weighted by molar-refractivity contribution is 0.299. The van der Waals surface area contributed by atoms with Gasteiger partial charge in [-0.1, -0.05) is 26.0 Å². The fourth-order valence-electron chi connectivity index (χ4n) is 2.22. The number of nitrogens with zero attached hydrogens (tertiary/aromatic N) is 5. The smallest absolute Gasteiger partial charge is 0.136 e. The molecule has 0 amide bonds. The Labute approximate surface area is 143 Å². The summed E-state index contributed by atoms with van der Waals surface area (Å²) >= 11 is 3.57. The van der Waals surface area contributed by atoms with Gasteiger partial charge in [0, 0.05) is 18.9 Å². The maximum absolute atomic E-state index is 5.81. The van der Waals surface area contributed by atoms with Gasteiger partial charge in [0.05, 0.1) is 21.9 Å². The summed E-state index contributed by atoms with van der Waals surface area (Å²) in [6.07, 6.45) is 4.97. The highest BCUT2D eigenvalue weighted by Crippen LogP contribution is 2.33. The molecule has 23 heavy (non-hydrogen) atoms. The lowest BCUT2D eigenvalue weighted by atomic mass is 9.97. The zero-order valence-electron chi connectivity index (χ0n) is 13.3. The van der Waals surface area contributed by atoms with Crippen LogP contribution in [0, 0.1) is 5.41 Å². The lowest BCUT2D eigenvalue weighted by Gasteiger charge is -2.18. The van der Waals surface area contributed by atoms with Gasteiger partial charge in [0.25, 0.3) is 0 Å². The van der Waals surface area contributed by atoms with E-state index in [1.807, 2.05) is 16.8 Å². The van der Waals surface area contributed by atoms with Crippen LogP contribution in [0.15, 0.2) is 35.2 Å². The Morgan fingerprint density at radius 2 is 2.04 bits per heavy atom. The highest BCUT2D eigenvalue weighted by Gasteiger charge is 2.17. The van der Waals surface area contributed by atoms with Gasteiger partial charge < -0.3 is 4.74 Å². The van der Waals surface area contributed by atoms with Gasteiger partial charge in [0.2, 0.25) is 0 Å². The van der Waals surface area contributed by atoms with Crippen molar-refractivity contribution in [2.75, 3.05) is 0 Å². The molecule has 0 aliphatic rings. The number of benzene rings is 1. The molecule has 3 aromatic rings. The summed E-state index contributed by atoms with van der Waals surface area (Å²) in [5.74, 6) is 0.714. The zero-order chi connectivity index (χ0) is 16.4. The molecule has 0 N–H and O–H groups in total. The Morgan fingerprint density at radius 1 is 1.22 bits per heavy atom. The normalized spacial score (nSPS) is 11.8. The standard InChI is InChI=1S/C16H18BrN5O/c1-16(2,3)10-22-12-4-5-13(14(17)15(12)20-21-22)23-9-11-8-18-6-7-19-11/h4-8H,9-10H2,1-3H3. The van der Waals surface area contributed by atoms with Gasteiger partial charge in [-0.05, 0) is 33.5 Å². The van der Waals surface area contributed by atoms with Crippen molar-refractivity contribution in [2.24, 2.45) is 5.41 Å². The predicted octanol–water partition coefficient (Wildman–Crippen LogP) is 3.61. The van der Waals surface area contributed by atoms with Crippen molar-refractivity contribution in [1.82, 2.24) is 25.0 Å². The van der Waals surface area contributed by atoms with E-state index in [9.17, 15) is 0 Å². The second-order valence-corrected chi connectivity index (χ2v) is 7.33. The number of halogens is 1. The number of ether oxygens (including phenoxy) is 1. The van der Waals surface area contributed by atoms with Crippen LogP contribution in [-0.4, -0.2) is 25.0 Å². The minimum absolute atomic E-state index is 0.133. The van der Waals surface area contributed by atoms with Crippen molar-refractivity contribution < 1.29 is 4.74 Å². The molecule has 2 aromatic heterocycles. The van der Waals surface area contributed by atoms with E-state index in [1.165, 1.54) is 0 Å². The maximum atomic E-state index is 5.81. The first-order valence-electron chi connectivity index (χ1n) is 7.33. The minimum Gasteiger partial charge on any atom is -0.486 e. The van der Waals surface area contributed by atoms with Crippen LogP contribution < -0.4 is 4.74 Å².